The highest BCUT2D eigenvalue weighted by Crippen LogP contribution is 2.03. The van der Waals surface area contributed by atoms with E-state index in [0.29, 0.717) is 10.9 Å². The number of sulfonamides is 1. The molecule has 10 heteroatoms. The van der Waals surface area contributed by atoms with Crippen molar-refractivity contribution in [2.24, 2.45) is 0 Å². The molecule has 0 bridgehead atoms. The van der Waals surface area contributed by atoms with Gasteiger partial charge in [-0.05, 0) is 18.6 Å². The number of aromatic amines is 1. The molecule has 9 nitrogen and oxygen atoms in total. The van der Waals surface area contributed by atoms with Gasteiger partial charge in [-0.25, -0.2) is 17.5 Å². The zero-order valence-electron chi connectivity index (χ0n) is 14.7. The minimum Gasteiger partial charge on any atom is -0.355 e. The molecule has 2 rings (SSSR count). The first kappa shape index (κ1) is 19.9. The van der Waals surface area contributed by atoms with E-state index in [-0.39, 0.29) is 37.6 Å². The second-order valence-electron chi connectivity index (χ2n) is 5.98. The Kier molecular flexibility index (Phi) is 6.32. The molecule has 0 aliphatic rings. The summed E-state index contributed by atoms with van der Waals surface area (Å²) in [4.78, 5) is 38.8. The standard InChI is InChI=1S/C16H22N4O5S/c1-19(2)26(24,25)11-9-17-14(21)8-5-10-20-15(22)12-6-3-4-7-13(12)18-16(20)23/h3-4,6-7H,5,8-11H2,1-2H3,(H,17,21)(H,18,23). The van der Waals surface area contributed by atoms with Crippen molar-refractivity contribution >= 4 is 26.8 Å². The van der Waals surface area contributed by atoms with Gasteiger partial charge >= 0.3 is 5.69 Å². The summed E-state index contributed by atoms with van der Waals surface area (Å²) in [5.74, 6) is -0.514. The third-order valence-corrected chi connectivity index (χ3v) is 5.75. The van der Waals surface area contributed by atoms with Crippen molar-refractivity contribution in [3.05, 3.63) is 45.1 Å². The van der Waals surface area contributed by atoms with E-state index >= 15 is 0 Å². The molecule has 1 aromatic carbocycles. The topological polar surface area (TPSA) is 121 Å². The fourth-order valence-electron chi connectivity index (χ4n) is 2.39. The molecule has 0 aliphatic heterocycles. The molecule has 0 spiro atoms. The molecule has 142 valence electrons. The van der Waals surface area contributed by atoms with Crippen molar-refractivity contribution in [2.75, 3.05) is 26.4 Å². The quantitative estimate of drug-likeness (QED) is 0.636. The lowest BCUT2D eigenvalue weighted by Crippen LogP contribution is -2.36. The highest BCUT2D eigenvalue weighted by atomic mass is 32.2. The van der Waals surface area contributed by atoms with Crippen molar-refractivity contribution in [2.45, 2.75) is 19.4 Å². The lowest BCUT2D eigenvalue weighted by atomic mass is 10.2. The molecule has 0 saturated carbocycles. The average Bonchev–Trinajstić information content (AvgIpc) is 2.57. The second kappa shape index (κ2) is 8.28. The van der Waals surface area contributed by atoms with Gasteiger partial charge in [0.2, 0.25) is 15.9 Å². The van der Waals surface area contributed by atoms with Crippen LogP contribution in [0.15, 0.2) is 33.9 Å². The second-order valence-corrected chi connectivity index (χ2v) is 8.29. The van der Waals surface area contributed by atoms with Gasteiger partial charge in [0.15, 0.2) is 0 Å². The van der Waals surface area contributed by atoms with E-state index in [2.05, 4.69) is 10.3 Å². The van der Waals surface area contributed by atoms with Gasteiger partial charge in [0.25, 0.3) is 5.56 Å². The molecule has 1 amide bonds. The summed E-state index contributed by atoms with van der Waals surface area (Å²) in [6.07, 6.45) is 0.369. The van der Waals surface area contributed by atoms with Crippen molar-refractivity contribution in [3.8, 4) is 0 Å². The number of H-pyrrole nitrogens is 1. The van der Waals surface area contributed by atoms with E-state index in [0.717, 1.165) is 8.87 Å². The maximum absolute atomic E-state index is 12.3. The smallest absolute Gasteiger partial charge is 0.328 e. The van der Waals surface area contributed by atoms with Gasteiger partial charge in [-0.2, -0.15) is 0 Å². The Labute approximate surface area is 150 Å². The summed E-state index contributed by atoms with van der Waals surface area (Å²) in [6, 6.07) is 6.71. The van der Waals surface area contributed by atoms with Crippen LogP contribution in [0.25, 0.3) is 10.9 Å². The van der Waals surface area contributed by atoms with Gasteiger partial charge in [-0.3, -0.25) is 14.2 Å². The summed E-state index contributed by atoms with van der Waals surface area (Å²) in [5, 5.41) is 2.93. The lowest BCUT2D eigenvalue weighted by Gasteiger charge is -2.11. The Balaban J connectivity index is 1.90. The fourth-order valence-corrected chi connectivity index (χ4v) is 3.12. The van der Waals surface area contributed by atoms with Crippen LogP contribution < -0.4 is 16.6 Å². The molecule has 0 unspecified atom stereocenters. The SMILES string of the molecule is CN(C)S(=O)(=O)CCNC(=O)CCCn1c(=O)[nH]c2ccccc2c1=O. The summed E-state index contributed by atoms with van der Waals surface area (Å²) in [6.45, 7) is 0.109. The minimum atomic E-state index is -3.36. The number of para-hydroxylation sites is 1. The molecule has 2 aromatic rings. The first-order valence-corrected chi connectivity index (χ1v) is 9.72. The van der Waals surface area contributed by atoms with Crippen molar-refractivity contribution in [1.82, 2.24) is 19.2 Å². The number of fused-ring (bicyclic) bond motifs is 1. The van der Waals surface area contributed by atoms with Gasteiger partial charge in [0.1, 0.15) is 0 Å². The normalized spacial score (nSPS) is 11.8. The highest BCUT2D eigenvalue weighted by molar-refractivity contribution is 7.89. The zero-order chi connectivity index (χ0) is 19.3. The number of amides is 1. The molecule has 0 atom stereocenters. The molecule has 26 heavy (non-hydrogen) atoms. The predicted molar refractivity (Wildman–Crippen MR) is 98.5 cm³/mol. The predicted octanol–water partition coefficient (Wildman–Crippen LogP) is -0.522. The van der Waals surface area contributed by atoms with Crippen LogP contribution in [0.4, 0.5) is 0 Å². The maximum Gasteiger partial charge on any atom is 0.328 e. The number of rotatable bonds is 8. The van der Waals surface area contributed by atoms with E-state index in [1.165, 1.54) is 14.1 Å². The molecule has 0 aliphatic carbocycles. The number of hydrogen-bond donors (Lipinski definition) is 2. The number of carbonyl (C=O) groups is 1. The van der Waals surface area contributed by atoms with Crippen LogP contribution >= 0.6 is 0 Å². The van der Waals surface area contributed by atoms with Gasteiger partial charge in [-0.1, -0.05) is 12.1 Å². The Hall–Kier alpha value is -2.46. The van der Waals surface area contributed by atoms with Gasteiger partial charge in [-0.15, -0.1) is 0 Å². The third-order valence-electron chi connectivity index (χ3n) is 3.91. The van der Waals surface area contributed by atoms with Crippen LogP contribution in [0.5, 0.6) is 0 Å². The van der Waals surface area contributed by atoms with Crippen LogP contribution in [0.1, 0.15) is 12.8 Å². The summed E-state index contributed by atoms with van der Waals surface area (Å²) >= 11 is 0. The molecular weight excluding hydrogens is 360 g/mol. The van der Waals surface area contributed by atoms with Crippen LogP contribution in [-0.2, 0) is 21.4 Å². The van der Waals surface area contributed by atoms with Gasteiger partial charge in [0.05, 0.1) is 16.7 Å². The number of aromatic nitrogens is 2. The first-order valence-electron chi connectivity index (χ1n) is 8.11. The minimum absolute atomic E-state index is 0.00977. The van der Waals surface area contributed by atoms with E-state index in [1.54, 1.807) is 24.3 Å². The zero-order valence-corrected chi connectivity index (χ0v) is 15.5. The monoisotopic (exact) mass is 382 g/mol. The molecule has 2 N–H and O–H groups in total. The molecule has 0 fully saturated rings. The highest BCUT2D eigenvalue weighted by Gasteiger charge is 2.13. The Morgan fingerprint density at radius 2 is 1.92 bits per heavy atom. The number of carbonyl (C=O) groups excluding carboxylic acids is 1. The number of hydrogen-bond acceptors (Lipinski definition) is 5. The van der Waals surface area contributed by atoms with Gasteiger partial charge in [0, 0.05) is 33.6 Å². The van der Waals surface area contributed by atoms with E-state index < -0.39 is 21.3 Å². The third kappa shape index (κ3) is 4.79. The Bertz CT molecular complexity index is 1010. The van der Waals surface area contributed by atoms with Crippen LogP contribution in [-0.4, -0.2) is 54.6 Å². The Morgan fingerprint density at radius 3 is 2.62 bits per heavy atom. The first-order chi connectivity index (χ1) is 12.2. The average molecular weight is 382 g/mol. The summed E-state index contributed by atoms with van der Waals surface area (Å²) in [7, 11) is -0.509. The Morgan fingerprint density at radius 1 is 1.23 bits per heavy atom. The van der Waals surface area contributed by atoms with Crippen LogP contribution in [0.2, 0.25) is 0 Å². The lowest BCUT2D eigenvalue weighted by molar-refractivity contribution is -0.121. The van der Waals surface area contributed by atoms with Crippen LogP contribution in [0.3, 0.4) is 0 Å². The molecule has 0 saturated heterocycles. The summed E-state index contributed by atoms with van der Waals surface area (Å²) in [5.41, 5.74) is -0.452. The number of nitrogens with zero attached hydrogens (tertiary/aromatic N) is 2. The van der Waals surface area contributed by atoms with Crippen molar-refractivity contribution in [1.29, 1.82) is 0 Å². The molecule has 1 heterocycles. The van der Waals surface area contributed by atoms with Crippen molar-refractivity contribution in [3.63, 3.8) is 0 Å². The molecule has 1 aromatic heterocycles. The van der Waals surface area contributed by atoms with E-state index in [4.69, 9.17) is 0 Å². The van der Waals surface area contributed by atoms with Crippen molar-refractivity contribution < 1.29 is 13.2 Å². The van der Waals surface area contributed by atoms with E-state index in [9.17, 15) is 22.8 Å². The number of nitrogens with one attached hydrogen (secondary N) is 2. The largest absolute Gasteiger partial charge is 0.355 e. The number of benzene rings is 1. The van der Waals surface area contributed by atoms with E-state index in [1.807, 2.05) is 0 Å². The van der Waals surface area contributed by atoms with Gasteiger partial charge < -0.3 is 10.3 Å². The molecule has 0 radical (unpaired) electrons. The summed E-state index contributed by atoms with van der Waals surface area (Å²) < 4.78 is 25.3. The maximum atomic E-state index is 12.3. The molecular formula is C16H22N4O5S. The fraction of sp³-hybridized carbons (Fsp3) is 0.438. The van der Waals surface area contributed by atoms with Crippen LogP contribution in [0, 0.1) is 0 Å².